The number of aldehydes is 1. The zero-order valence-corrected chi connectivity index (χ0v) is 7.06. The van der Waals surface area contributed by atoms with E-state index in [0.717, 1.165) is 0 Å². The highest BCUT2D eigenvalue weighted by Gasteiger charge is 2.06. The lowest BCUT2D eigenvalue weighted by atomic mass is 10.2. The van der Waals surface area contributed by atoms with Crippen molar-refractivity contribution in [2.45, 2.75) is 0 Å². The molecule has 0 atom stereocenters. The van der Waals surface area contributed by atoms with Crippen molar-refractivity contribution in [2.24, 2.45) is 0 Å². The summed E-state index contributed by atoms with van der Waals surface area (Å²) in [4.78, 5) is 10.2. The van der Waals surface area contributed by atoms with Crippen molar-refractivity contribution in [3.8, 4) is 0 Å². The fourth-order valence-electron chi connectivity index (χ4n) is 0.684. The molecule has 4 heteroatoms. The van der Waals surface area contributed by atoms with Gasteiger partial charge in [-0.1, -0.05) is 0 Å². The molecule has 0 aliphatic carbocycles. The largest absolute Gasteiger partial charge is 0.396 e. The molecule has 0 unspecified atom stereocenters. The van der Waals surface area contributed by atoms with Crippen LogP contribution < -0.4 is 5.73 Å². The van der Waals surface area contributed by atoms with Crippen LogP contribution in [0.2, 0.25) is 0 Å². The van der Waals surface area contributed by atoms with E-state index in [9.17, 15) is 9.18 Å². The lowest BCUT2D eigenvalue weighted by Gasteiger charge is -2.00. The maximum Gasteiger partial charge on any atom is 0.160 e. The van der Waals surface area contributed by atoms with E-state index >= 15 is 0 Å². The van der Waals surface area contributed by atoms with Gasteiger partial charge in [-0.25, -0.2) is 4.39 Å². The van der Waals surface area contributed by atoms with E-state index in [-0.39, 0.29) is 15.7 Å². The number of hydrogen-bond acceptors (Lipinski definition) is 2. The highest BCUT2D eigenvalue weighted by atomic mass is 79.9. The van der Waals surface area contributed by atoms with Crippen LogP contribution in [0.5, 0.6) is 0 Å². The Hall–Kier alpha value is -0.900. The molecule has 0 radical (unpaired) electrons. The Balaban J connectivity index is 3.36. The monoisotopic (exact) mass is 217 g/mol. The Kier molecular flexibility index (Phi) is 2.24. The Labute approximate surface area is 71.3 Å². The van der Waals surface area contributed by atoms with Crippen LogP contribution in [0.25, 0.3) is 0 Å². The van der Waals surface area contributed by atoms with Gasteiger partial charge in [0.25, 0.3) is 0 Å². The van der Waals surface area contributed by atoms with Crippen molar-refractivity contribution in [3.63, 3.8) is 0 Å². The Morgan fingerprint density at radius 2 is 2.18 bits per heavy atom. The molecule has 0 bridgehead atoms. The number of carbonyl (C=O) groups is 1. The zero-order chi connectivity index (χ0) is 8.43. The summed E-state index contributed by atoms with van der Waals surface area (Å²) in [5.74, 6) is -0.588. The van der Waals surface area contributed by atoms with Crippen molar-refractivity contribution in [1.82, 2.24) is 0 Å². The van der Waals surface area contributed by atoms with Gasteiger partial charge in [-0.05, 0) is 28.1 Å². The normalized spacial score (nSPS) is 9.64. The van der Waals surface area contributed by atoms with Crippen molar-refractivity contribution in [2.75, 3.05) is 5.73 Å². The summed E-state index contributed by atoms with van der Waals surface area (Å²) in [5.41, 5.74) is 5.31. The van der Waals surface area contributed by atoms with E-state index in [0.29, 0.717) is 6.29 Å². The smallest absolute Gasteiger partial charge is 0.160 e. The molecule has 0 amide bonds. The van der Waals surface area contributed by atoms with Gasteiger partial charge in [0.2, 0.25) is 0 Å². The number of nitrogen functional groups attached to an aromatic ring is 1. The van der Waals surface area contributed by atoms with Crippen molar-refractivity contribution >= 4 is 27.9 Å². The second-order valence-electron chi connectivity index (χ2n) is 1.98. The topological polar surface area (TPSA) is 43.1 Å². The summed E-state index contributed by atoms with van der Waals surface area (Å²) in [6.45, 7) is 0. The van der Waals surface area contributed by atoms with Crippen molar-refractivity contribution < 1.29 is 9.18 Å². The maximum absolute atomic E-state index is 12.8. The van der Waals surface area contributed by atoms with E-state index in [1.807, 2.05) is 0 Å². The quantitative estimate of drug-likeness (QED) is 0.578. The molecular formula is C7H5BrFNO. The van der Waals surface area contributed by atoms with Crippen LogP contribution >= 0.6 is 15.9 Å². The minimum atomic E-state index is -0.588. The molecule has 0 aliphatic heterocycles. The van der Waals surface area contributed by atoms with Gasteiger partial charge in [-0.3, -0.25) is 4.79 Å². The van der Waals surface area contributed by atoms with Gasteiger partial charge in [0.15, 0.2) is 12.1 Å². The van der Waals surface area contributed by atoms with Crippen molar-refractivity contribution in [1.29, 1.82) is 0 Å². The Morgan fingerprint density at radius 1 is 1.55 bits per heavy atom. The standard InChI is InChI=1S/C7H5BrFNO/c8-5-2-1-4(3-11)7(10)6(5)9/h1-3H,10H2. The first-order valence-electron chi connectivity index (χ1n) is 2.85. The second-order valence-corrected chi connectivity index (χ2v) is 2.84. The van der Waals surface area contributed by atoms with Gasteiger partial charge in [0.05, 0.1) is 10.2 Å². The lowest BCUT2D eigenvalue weighted by molar-refractivity contribution is 0.112. The molecule has 2 nitrogen and oxygen atoms in total. The third kappa shape index (κ3) is 1.40. The minimum absolute atomic E-state index is 0.116. The maximum atomic E-state index is 12.8. The average molecular weight is 218 g/mol. The van der Waals surface area contributed by atoms with Crippen LogP contribution in [0.1, 0.15) is 10.4 Å². The lowest BCUT2D eigenvalue weighted by Crippen LogP contribution is -1.97. The van der Waals surface area contributed by atoms with Crippen LogP contribution in [0.4, 0.5) is 10.1 Å². The predicted molar refractivity (Wildman–Crippen MR) is 43.9 cm³/mol. The minimum Gasteiger partial charge on any atom is -0.396 e. The molecular weight excluding hydrogens is 213 g/mol. The number of hydrogen-bond donors (Lipinski definition) is 1. The number of anilines is 1. The third-order valence-electron chi connectivity index (χ3n) is 1.29. The third-order valence-corrected chi connectivity index (χ3v) is 1.91. The van der Waals surface area contributed by atoms with Gasteiger partial charge in [-0.2, -0.15) is 0 Å². The molecule has 0 fully saturated rings. The molecule has 0 saturated heterocycles. The molecule has 1 aromatic carbocycles. The summed E-state index contributed by atoms with van der Waals surface area (Å²) < 4.78 is 13.1. The number of carbonyl (C=O) groups excluding carboxylic acids is 1. The molecule has 0 saturated carbocycles. The molecule has 0 spiro atoms. The van der Waals surface area contributed by atoms with Gasteiger partial charge >= 0.3 is 0 Å². The molecule has 11 heavy (non-hydrogen) atoms. The van der Waals surface area contributed by atoms with E-state index in [2.05, 4.69) is 15.9 Å². The van der Waals surface area contributed by atoms with E-state index in [1.165, 1.54) is 12.1 Å². The molecule has 1 aromatic rings. The van der Waals surface area contributed by atoms with Gasteiger partial charge in [-0.15, -0.1) is 0 Å². The summed E-state index contributed by atoms with van der Waals surface area (Å²) in [6.07, 6.45) is 0.519. The van der Waals surface area contributed by atoms with E-state index in [4.69, 9.17) is 5.73 Å². The fourth-order valence-corrected chi connectivity index (χ4v) is 1.03. The number of rotatable bonds is 1. The molecule has 0 heterocycles. The molecule has 0 aromatic heterocycles. The molecule has 1 rings (SSSR count). The summed E-state index contributed by atoms with van der Waals surface area (Å²) >= 11 is 2.94. The predicted octanol–water partition coefficient (Wildman–Crippen LogP) is 1.98. The van der Waals surface area contributed by atoms with E-state index < -0.39 is 5.82 Å². The van der Waals surface area contributed by atoms with Crippen LogP contribution in [0.15, 0.2) is 16.6 Å². The summed E-state index contributed by atoms with van der Waals surface area (Å²) in [5, 5.41) is 0. The number of benzene rings is 1. The highest BCUT2D eigenvalue weighted by Crippen LogP contribution is 2.22. The van der Waals surface area contributed by atoms with Crippen molar-refractivity contribution in [3.05, 3.63) is 28.0 Å². The first-order chi connectivity index (χ1) is 5.16. The molecule has 58 valence electrons. The molecule has 0 aliphatic rings. The van der Waals surface area contributed by atoms with E-state index in [1.54, 1.807) is 0 Å². The Morgan fingerprint density at radius 3 is 2.73 bits per heavy atom. The van der Waals surface area contributed by atoms with Gasteiger partial charge in [0, 0.05) is 5.56 Å². The first-order valence-corrected chi connectivity index (χ1v) is 3.64. The average Bonchev–Trinajstić information content (AvgIpc) is 2.01. The zero-order valence-electron chi connectivity index (χ0n) is 5.47. The highest BCUT2D eigenvalue weighted by molar-refractivity contribution is 9.10. The fraction of sp³-hybridized carbons (Fsp3) is 0. The number of nitrogens with two attached hydrogens (primary N) is 1. The first kappa shape index (κ1) is 8.20. The van der Waals surface area contributed by atoms with Crippen LogP contribution in [-0.4, -0.2) is 6.29 Å². The second kappa shape index (κ2) is 3.00. The van der Waals surface area contributed by atoms with Gasteiger partial charge < -0.3 is 5.73 Å². The van der Waals surface area contributed by atoms with Crippen LogP contribution in [-0.2, 0) is 0 Å². The van der Waals surface area contributed by atoms with Crippen LogP contribution in [0, 0.1) is 5.82 Å². The van der Waals surface area contributed by atoms with Crippen LogP contribution in [0.3, 0.4) is 0 Å². The Bertz CT molecular complexity index is 301. The SMILES string of the molecule is Nc1c(C=O)ccc(Br)c1F. The molecule has 2 N–H and O–H groups in total. The van der Waals surface area contributed by atoms with Gasteiger partial charge in [0.1, 0.15) is 0 Å². The number of halogens is 2. The summed E-state index contributed by atoms with van der Waals surface area (Å²) in [6, 6.07) is 2.89. The summed E-state index contributed by atoms with van der Waals surface area (Å²) in [7, 11) is 0.